The summed E-state index contributed by atoms with van der Waals surface area (Å²) in [6, 6.07) is 5.57. The normalized spacial score (nSPS) is 17.0. The molecule has 0 radical (unpaired) electrons. The molecule has 2 rings (SSSR count). The van der Waals surface area contributed by atoms with E-state index in [4.69, 9.17) is 0 Å². The molecular weight excluding hydrogens is 352 g/mol. The van der Waals surface area contributed by atoms with Crippen molar-refractivity contribution >= 4 is 26.0 Å². The van der Waals surface area contributed by atoms with E-state index in [9.17, 15) is 8.42 Å². The largest absolute Gasteiger partial charge is 0.313 e. The van der Waals surface area contributed by atoms with Crippen molar-refractivity contribution in [3.8, 4) is 0 Å². The molecule has 0 atom stereocenters. The summed E-state index contributed by atoms with van der Waals surface area (Å²) in [4.78, 5) is 0.337. The lowest BCUT2D eigenvalue weighted by Crippen LogP contribution is -2.36. The van der Waals surface area contributed by atoms with Crippen LogP contribution < -0.4 is 10.0 Å². The fourth-order valence-corrected chi connectivity index (χ4v) is 4.96. The molecule has 118 valence electrons. The summed E-state index contributed by atoms with van der Waals surface area (Å²) in [7, 11) is -3.46. The summed E-state index contributed by atoms with van der Waals surface area (Å²) < 4.78 is 28.6. The van der Waals surface area contributed by atoms with E-state index in [-0.39, 0.29) is 6.04 Å². The van der Waals surface area contributed by atoms with Crippen LogP contribution >= 0.6 is 15.9 Å². The van der Waals surface area contributed by atoms with E-state index in [2.05, 4.69) is 26.0 Å². The Kier molecular flexibility index (Phi) is 6.22. The number of benzene rings is 1. The third kappa shape index (κ3) is 4.77. The van der Waals surface area contributed by atoms with E-state index >= 15 is 0 Å². The SMILES string of the molecule is CCNCc1ccc(Br)c(S(=O)(=O)NC2CCCCC2)c1. The Labute approximate surface area is 135 Å². The number of rotatable bonds is 6. The van der Waals surface area contributed by atoms with Gasteiger partial charge in [-0.15, -0.1) is 0 Å². The number of hydrogen-bond acceptors (Lipinski definition) is 3. The summed E-state index contributed by atoms with van der Waals surface area (Å²) in [6.07, 6.45) is 5.30. The van der Waals surface area contributed by atoms with Gasteiger partial charge in [0.25, 0.3) is 0 Å². The lowest BCUT2D eigenvalue weighted by Gasteiger charge is -2.23. The van der Waals surface area contributed by atoms with Crippen molar-refractivity contribution in [2.45, 2.75) is 56.5 Å². The van der Waals surface area contributed by atoms with Crippen molar-refractivity contribution in [3.05, 3.63) is 28.2 Å². The molecule has 1 aliphatic rings. The fraction of sp³-hybridized carbons (Fsp3) is 0.600. The molecule has 1 aromatic carbocycles. The van der Waals surface area contributed by atoms with Crippen LogP contribution in [0.5, 0.6) is 0 Å². The molecule has 0 saturated heterocycles. The smallest absolute Gasteiger partial charge is 0.241 e. The average Bonchev–Trinajstić information content (AvgIpc) is 2.47. The first kappa shape index (κ1) is 16.9. The summed E-state index contributed by atoms with van der Waals surface area (Å²) >= 11 is 3.36. The highest BCUT2D eigenvalue weighted by molar-refractivity contribution is 9.10. The molecule has 0 unspecified atom stereocenters. The molecule has 1 saturated carbocycles. The van der Waals surface area contributed by atoms with Crippen molar-refractivity contribution in [1.82, 2.24) is 10.0 Å². The molecule has 0 spiro atoms. The van der Waals surface area contributed by atoms with Crippen LogP contribution in [0.2, 0.25) is 0 Å². The molecule has 1 aromatic rings. The highest BCUT2D eigenvalue weighted by Gasteiger charge is 2.23. The van der Waals surface area contributed by atoms with E-state index < -0.39 is 10.0 Å². The molecule has 1 fully saturated rings. The first-order valence-corrected chi connectivity index (χ1v) is 9.82. The van der Waals surface area contributed by atoms with E-state index in [1.165, 1.54) is 6.42 Å². The second kappa shape index (κ2) is 7.72. The van der Waals surface area contributed by atoms with Crippen LogP contribution in [0, 0.1) is 0 Å². The maximum Gasteiger partial charge on any atom is 0.241 e. The fourth-order valence-electron chi connectivity index (χ4n) is 2.64. The minimum atomic E-state index is -3.46. The third-order valence-electron chi connectivity index (χ3n) is 3.79. The van der Waals surface area contributed by atoms with Crippen LogP contribution in [0.15, 0.2) is 27.6 Å². The van der Waals surface area contributed by atoms with Crippen molar-refractivity contribution < 1.29 is 8.42 Å². The Hall–Kier alpha value is -0.430. The Balaban J connectivity index is 2.17. The molecular formula is C15H23BrN2O2S. The summed E-state index contributed by atoms with van der Waals surface area (Å²) in [5.41, 5.74) is 0.976. The van der Waals surface area contributed by atoms with Crippen molar-refractivity contribution in [2.75, 3.05) is 6.54 Å². The molecule has 0 aromatic heterocycles. The Morgan fingerprint density at radius 1 is 1.24 bits per heavy atom. The van der Waals surface area contributed by atoms with Gasteiger partial charge in [0, 0.05) is 17.1 Å². The molecule has 0 heterocycles. The maximum absolute atomic E-state index is 12.6. The van der Waals surface area contributed by atoms with Gasteiger partial charge in [0.2, 0.25) is 10.0 Å². The van der Waals surface area contributed by atoms with Gasteiger partial charge < -0.3 is 5.32 Å². The van der Waals surface area contributed by atoms with Crippen LogP contribution in [0.25, 0.3) is 0 Å². The first-order chi connectivity index (χ1) is 10.0. The molecule has 1 aliphatic carbocycles. The molecule has 0 amide bonds. The molecule has 21 heavy (non-hydrogen) atoms. The van der Waals surface area contributed by atoms with E-state index in [1.54, 1.807) is 6.07 Å². The van der Waals surface area contributed by atoms with Gasteiger partial charge in [0.1, 0.15) is 0 Å². The minimum absolute atomic E-state index is 0.0769. The third-order valence-corrected chi connectivity index (χ3v) is 6.31. The standard InChI is InChI=1S/C15H23BrN2O2S/c1-2-17-11-12-8-9-14(16)15(10-12)21(19,20)18-13-6-4-3-5-7-13/h8-10,13,17-18H,2-7,11H2,1H3. The van der Waals surface area contributed by atoms with Gasteiger partial charge in [0.15, 0.2) is 0 Å². The monoisotopic (exact) mass is 374 g/mol. The van der Waals surface area contributed by atoms with Gasteiger partial charge in [-0.25, -0.2) is 13.1 Å². The lowest BCUT2D eigenvalue weighted by atomic mass is 9.96. The summed E-state index contributed by atoms with van der Waals surface area (Å²) in [6.45, 7) is 3.56. The van der Waals surface area contributed by atoms with Crippen molar-refractivity contribution in [2.24, 2.45) is 0 Å². The second-order valence-corrected chi connectivity index (χ2v) is 8.04. The zero-order chi connectivity index (χ0) is 15.3. The molecule has 0 aliphatic heterocycles. The number of nitrogens with one attached hydrogen (secondary N) is 2. The zero-order valence-electron chi connectivity index (χ0n) is 12.4. The topological polar surface area (TPSA) is 58.2 Å². The van der Waals surface area contributed by atoms with Crippen molar-refractivity contribution in [3.63, 3.8) is 0 Å². The lowest BCUT2D eigenvalue weighted by molar-refractivity contribution is 0.412. The van der Waals surface area contributed by atoms with Gasteiger partial charge >= 0.3 is 0 Å². The summed E-state index contributed by atoms with van der Waals surface area (Å²) in [5.74, 6) is 0. The summed E-state index contributed by atoms with van der Waals surface area (Å²) in [5, 5.41) is 3.21. The number of hydrogen-bond donors (Lipinski definition) is 2. The van der Waals surface area contributed by atoms with Gasteiger partial charge in [0.05, 0.1) is 4.90 Å². The van der Waals surface area contributed by atoms with Gasteiger partial charge in [-0.05, 0) is 53.0 Å². The van der Waals surface area contributed by atoms with Crippen LogP contribution in [-0.4, -0.2) is 21.0 Å². The molecule has 4 nitrogen and oxygen atoms in total. The Bertz CT molecular complexity index is 569. The number of sulfonamides is 1. The highest BCUT2D eigenvalue weighted by atomic mass is 79.9. The Morgan fingerprint density at radius 3 is 2.62 bits per heavy atom. The predicted octanol–water partition coefficient (Wildman–Crippen LogP) is 3.17. The maximum atomic E-state index is 12.6. The van der Waals surface area contributed by atoms with Crippen LogP contribution in [0.4, 0.5) is 0 Å². The first-order valence-electron chi connectivity index (χ1n) is 7.54. The van der Waals surface area contributed by atoms with E-state index in [0.29, 0.717) is 15.9 Å². The van der Waals surface area contributed by atoms with Crippen LogP contribution in [-0.2, 0) is 16.6 Å². The van der Waals surface area contributed by atoms with Crippen LogP contribution in [0.3, 0.4) is 0 Å². The molecule has 0 bridgehead atoms. The zero-order valence-corrected chi connectivity index (χ0v) is 14.8. The highest BCUT2D eigenvalue weighted by Crippen LogP contribution is 2.25. The Morgan fingerprint density at radius 2 is 1.95 bits per heavy atom. The molecule has 6 heteroatoms. The predicted molar refractivity (Wildman–Crippen MR) is 88.7 cm³/mol. The van der Waals surface area contributed by atoms with E-state index in [1.807, 2.05) is 19.1 Å². The van der Waals surface area contributed by atoms with Crippen LogP contribution in [0.1, 0.15) is 44.6 Å². The second-order valence-electron chi connectivity index (χ2n) is 5.50. The van der Waals surface area contributed by atoms with Crippen molar-refractivity contribution in [1.29, 1.82) is 0 Å². The van der Waals surface area contributed by atoms with Gasteiger partial charge in [-0.2, -0.15) is 0 Å². The quantitative estimate of drug-likeness (QED) is 0.803. The van der Waals surface area contributed by atoms with Gasteiger partial charge in [-0.3, -0.25) is 0 Å². The van der Waals surface area contributed by atoms with Gasteiger partial charge in [-0.1, -0.05) is 32.3 Å². The number of halogens is 1. The minimum Gasteiger partial charge on any atom is -0.313 e. The molecule has 2 N–H and O–H groups in total. The van der Waals surface area contributed by atoms with E-state index in [0.717, 1.165) is 37.8 Å². The average molecular weight is 375 g/mol.